The Morgan fingerprint density at radius 1 is 1.05 bits per heavy atom. The van der Waals surface area contributed by atoms with Crippen molar-refractivity contribution in [3.63, 3.8) is 0 Å². The van der Waals surface area contributed by atoms with Crippen molar-refractivity contribution in [3.8, 4) is 17.2 Å². The maximum Gasteiger partial charge on any atom is 0.387 e. The van der Waals surface area contributed by atoms with Crippen LogP contribution in [0.2, 0.25) is 5.02 Å². The molecule has 192 valence electrons. The Balaban J connectivity index is 1.46. The van der Waals surface area contributed by atoms with Gasteiger partial charge in [-0.1, -0.05) is 35.9 Å². The lowest BCUT2D eigenvalue weighted by Crippen LogP contribution is -2.40. The largest absolute Gasteiger partial charge is 0.493 e. The summed E-state index contributed by atoms with van der Waals surface area (Å²) in [5.41, 5.74) is 0.428. The van der Waals surface area contributed by atoms with Crippen molar-refractivity contribution in [2.75, 3.05) is 7.11 Å². The van der Waals surface area contributed by atoms with Gasteiger partial charge in [-0.15, -0.1) is 5.01 Å². The van der Waals surface area contributed by atoms with Gasteiger partial charge in [0.2, 0.25) is 0 Å². The molecule has 1 aliphatic rings. The van der Waals surface area contributed by atoms with Crippen LogP contribution in [0.1, 0.15) is 23.6 Å². The number of methoxy groups -OCH3 is 1. The fourth-order valence-corrected chi connectivity index (χ4v) is 3.77. The fourth-order valence-electron chi connectivity index (χ4n) is 3.64. The Labute approximate surface area is 216 Å². The molecule has 0 spiro atoms. The van der Waals surface area contributed by atoms with Crippen LogP contribution in [-0.4, -0.2) is 36.9 Å². The molecule has 1 atom stereocenters. The molecule has 3 aromatic rings. The average Bonchev–Trinajstić information content (AvgIpc) is 3.10. The number of imide groups is 1. The molecule has 37 heavy (non-hydrogen) atoms. The summed E-state index contributed by atoms with van der Waals surface area (Å²) in [6.45, 7) is -1.17. The summed E-state index contributed by atoms with van der Waals surface area (Å²) in [5.74, 6) is 0.234. The number of ether oxygens (including phenoxy) is 3. The standard InChI is InChI=1S/C26H22ClF2N3O5/c1-26(18-6-10-20(11-7-18)37-24(28)29)23(33)32(25(34)31-26)30-14-17-5-12-21(22(13-17)35-2)36-15-16-3-8-19(27)9-4-16/h3-14,24H,15H2,1-2H3,(H,31,34)/b30-14+. The molecule has 4 rings (SSSR count). The lowest BCUT2D eigenvalue weighted by atomic mass is 9.92. The maximum atomic E-state index is 13.1. The Hall–Kier alpha value is -4.18. The van der Waals surface area contributed by atoms with E-state index in [0.717, 1.165) is 5.56 Å². The van der Waals surface area contributed by atoms with E-state index in [0.29, 0.717) is 39.3 Å². The average molecular weight is 530 g/mol. The second kappa shape index (κ2) is 10.8. The lowest BCUT2D eigenvalue weighted by molar-refractivity contribution is -0.131. The zero-order chi connectivity index (χ0) is 26.6. The SMILES string of the molecule is COc1cc(/C=N/N2C(=O)NC(C)(c3ccc(OC(F)F)cc3)C2=O)ccc1OCc1ccc(Cl)cc1. The van der Waals surface area contributed by atoms with Crippen LogP contribution in [0.4, 0.5) is 13.6 Å². The third kappa shape index (κ3) is 5.80. The molecule has 1 unspecified atom stereocenters. The van der Waals surface area contributed by atoms with Crippen LogP contribution in [0.15, 0.2) is 71.8 Å². The van der Waals surface area contributed by atoms with E-state index in [1.54, 1.807) is 30.3 Å². The van der Waals surface area contributed by atoms with Gasteiger partial charge >= 0.3 is 12.6 Å². The number of nitrogens with zero attached hydrogens (tertiary/aromatic N) is 2. The predicted molar refractivity (Wildman–Crippen MR) is 132 cm³/mol. The third-order valence-electron chi connectivity index (χ3n) is 5.64. The number of carbonyl (C=O) groups excluding carboxylic acids is 2. The van der Waals surface area contributed by atoms with Gasteiger partial charge in [0, 0.05) is 5.02 Å². The minimum absolute atomic E-state index is 0.0662. The summed E-state index contributed by atoms with van der Waals surface area (Å²) in [7, 11) is 1.49. The molecule has 11 heteroatoms. The van der Waals surface area contributed by atoms with Gasteiger partial charge in [-0.2, -0.15) is 13.9 Å². The number of urea groups is 1. The molecule has 1 aliphatic heterocycles. The normalized spacial score (nSPS) is 17.4. The monoisotopic (exact) mass is 529 g/mol. The summed E-state index contributed by atoms with van der Waals surface area (Å²) >= 11 is 5.91. The zero-order valence-corrected chi connectivity index (χ0v) is 20.5. The molecule has 0 saturated carbocycles. The van der Waals surface area contributed by atoms with Crippen molar-refractivity contribution in [1.82, 2.24) is 10.3 Å². The highest BCUT2D eigenvalue weighted by Crippen LogP contribution is 2.31. The number of halogens is 3. The van der Waals surface area contributed by atoms with E-state index in [2.05, 4.69) is 15.2 Å². The molecule has 1 fully saturated rings. The molecular formula is C26H22ClF2N3O5. The number of alkyl halides is 2. The van der Waals surface area contributed by atoms with Gasteiger partial charge < -0.3 is 19.5 Å². The van der Waals surface area contributed by atoms with E-state index >= 15 is 0 Å². The number of benzene rings is 3. The Kier molecular flexibility index (Phi) is 7.58. The first-order chi connectivity index (χ1) is 17.7. The Bertz CT molecular complexity index is 1320. The van der Waals surface area contributed by atoms with Gasteiger partial charge in [-0.3, -0.25) is 4.79 Å². The third-order valence-corrected chi connectivity index (χ3v) is 5.90. The van der Waals surface area contributed by atoms with E-state index in [1.807, 2.05) is 12.1 Å². The summed E-state index contributed by atoms with van der Waals surface area (Å²) in [4.78, 5) is 25.6. The van der Waals surface area contributed by atoms with E-state index in [1.165, 1.54) is 44.5 Å². The van der Waals surface area contributed by atoms with Crippen LogP contribution in [-0.2, 0) is 16.9 Å². The molecule has 1 N–H and O–H groups in total. The minimum atomic E-state index is -2.97. The first-order valence-corrected chi connectivity index (χ1v) is 11.4. The maximum absolute atomic E-state index is 13.1. The van der Waals surface area contributed by atoms with Gasteiger partial charge in [0.05, 0.1) is 13.3 Å². The number of carbonyl (C=O) groups is 2. The van der Waals surface area contributed by atoms with Crippen LogP contribution in [0.5, 0.6) is 17.2 Å². The topological polar surface area (TPSA) is 89.5 Å². The van der Waals surface area contributed by atoms with Gasteiger partial charge in [0.15, 0.2) is 11.5 Å². The van der Waals surface area contributed by atoms with E-state index in [4.69, 9.17) is 21.1 Å². The second-order valence-electron chi connectivity index (χ2n) is 8.14. The van der Waals surface area contributed by atoms with Crippen molar-refractivity contribution >= 4 is 29.8 Å². The molecule has 1 heterocycles. The Morgan fingerprint density at radius 2 is 1.76 bits per heavy atom. The van der Waals surface area contributed by atoms with Crippen molar-refractivity contribution in [2.45, 2.75) is 25.7 Å². The summed E-state index contributed by atoms with van der Waals surface area (Å²) < 4.78 is 40.4. The molecule has 0 aliphatic carbocycles. The van der Waals surface area contributed by atoms with Crippen LogP contribution in [0, 0.1) is 0 Å². The zero-order valence-electron chi connectivity index (χ0n) is 19.8. The highest BCUT2D eigenvalue weighted by Gasteiger charge is 2.49. The predicted octanol–water partition coefficient (Wildman–Crippen LogP) is 5.33. The lowest BCUT2D eigenvalue weighted by Gasteiger charge is -2.21. The second-order valence-corrected chi connectivity index (χ2v) is 8.58. The van der Waals surface area contributed by atoms with Crippen molar-refractivity contribution < 1.29 is 32.6 Å². The number of rotatable bonds is 9. The number of hydrogen-bond acceptors (Lipinski definition) is 6. The molecule has 0 aromatic heterocycles. The number of nitrogens with one attached hydrogen (secondary N) is 1. The molecule has 8 nitrogen and oxygen atoms in total. The quantitative estimate of drug-likeness (QED) is 0.299. The smallest absolute Gasteiger partial charge is 0.387 e. The van der Waals surface area contributed by atoms with Gasteiger partial charge in [0.1, 0.15) is 17.9 Å². The Morgan fingerprint density at radius 3 is 2.41 bits per heavy atom. The highest BCUT2D eigenvalue weighted by molar-refractivity contribution is 6.30. The molecular weight excluding hydrogens is 508 g/mol. The number of hydrogen-bond donors (Lipinski definition) is 1. The highest BCUT2D eigenvalue weighted by atomic mass is 35.5. The summed E-state index contributed by atoms with van der Waals surface area (Å²) in [6, 6.07) is 17.0. The van der Waals surface area contributed by atoms with Crippen LogP contribution in [0.25, 0.3) is 0 Å². The van der Waals surface area contributed by atoms with Gasteiger partial charge in [0.25, 0.3) is 5.91 Å². The number of amides is 3. The fraction of sp³-hybridized carbons (Fsp3) is 0.192. The van der Waals surface area contributed by atoms with Gasteiger partial charge in [-0.25, -0.2) is 4.79 Å². The molecule has 3 amide bonds. The first-order valence-electron chi connectivity index (χ1n) is 11.0. The van der Waals surface area contributed by atoms with Gasteiger partial charge in [-0.05, 0) is 66.1 Å². The molecule has 0 radical (unpaired) electrons. The number of hydrazone groups is 1. The van der Waals surface area contributed by atoms with Crippen molar-refractivity contribution in [3.05, 3.63) is 88.4 Å². The summed E-state index contributed by atoms with van der Waals surface area (Å²) in [5, 5.41) is 7.99. The van der Waals surface area contributed by atoms with Crippen molar-refractivity contribution in [2.24, 2.45) is 5.10 Å². The first kappa shape index (κ1) is 25.9. The molecule has 1 saturated heterocycles. The van der Waals surface area contributed by atoms with Crippen LogP contribution < -0.4 is 19.5 Å². The van der Waals surface area contributed by atoms with Crippen molar-refractivity contribution in [1.29, 1.82) is 0 Å². The van der Waals surface area contributed by atoms with E-state index in [-0.39, 0.29) is 5.75 Å². The molecule has 0 bridgehead atoms. The summed E-state index contributed by atoms with van der Waals surface area (Å²) in [6.07, 6.45) is 1.34. The minimum Gasteiger partial charge on any atom is -0.493 e. The van der Waals surface area contributed by atoms with Crippen LogP contribution >= 0.6 is 11.6 Å². The molecule has 3 aromatic carbocycles. The van der Waals surface area contributed by atoms with E-state index < -0.39 is 24.1 Å². The van der Waals surface area contributed by atoms with E-state index in [9.17, 15) is 18.4 Å². The van der Waals surface area contributed by atoms with Crippen LogP contribution in [0.3, 0.4) is 0 Å².